The van der Waals surface area contributed by atoms with E-state index in [2.05, 4.69) is 10.3 Å². The number of fused-ring (bicyclic) bond motifs is 1. The Morgan fingerprint density at radius 1 is 0.788 bits per heavy atom. The summed E-state index contributed by atoms with van der Waals surface area (Å²) in [6, 6.07) is 16.5. The van der Waals surface area contributed by atoms with Crippen molar-refractivity contribution in [1.82, 2.24) is 25.1 Å². The van der Waals surface area contributed by atoms with Crippen LogP contribution < -0.4 is 5.32 Å². The van der Waals surface area contributed by atoms with Gasteiger partial charge in [-0.25, -0.2) is 13.8 Å². The van der Waals surface area contributed by atoms with Gasteiger partial charge in [0, 0.05) is 47.2 Å². The van der Waals surface area contributed by atoms with Crippen molar-refractivity contribution < 1.29 is 8.78 Å². The van der Waals surface area contributed by atoms with Crippen LogP contribution in [0.15, 0.2) is 79.3 Å². The predicted octanol–water partition coefficient (Wildman–Crippen LogP) is 5.32. The zero-order valence-electron chi connectivity index (χ0n) is 18.0. The van der Waals surface area contributed by atoms with Crippen LogP contribution in [-0.4, -0.2) is 33.3 Å². The molecule has 3 heterocycles. The number of hydrogen-bond acceptors (Lipinski definition) is 4. The summed E-state index contributed by atoms with van der Waals surface area (Å²) in [6.45, 7) is 1.42. The standard InChI is InChI=1S/C26H21F2N5/c1-29-14-15-33-16-22-23(17-2-6-20(27)7-3-17)24(18-10-12-30-13-11-18)25(31-26(22)32-33)19-4-8-21(28)9-5-19/h2-13,16,29H,14-15H2,1H3. The summed E-state index contributed by atoms with van der Waals surface area (Å²) in [4.78, 5) is 9.07. The number of pyridine rings is 2. The zero-order valence-corrected chi connectivity index (χ0v) is 18.0. The molecule has 0 unspecified atom stereocenters. The number of hydrogen-bond donors (Lipinski definition) is 1. The van der Waals surface area contributed by atoms with Crippen LogP contribution in [0.3, 0.4) is 0 Å². The Balaban J connectivity index is 1.88. The Bertz CT molecular complexity index is 1400. The Hall–Kier alpha value is -3.97. The van der Waals surface area contributed by atoms with Gasteiger partial charge in [-0.3, -0.25) is 9.67 Å². The smallest absolute Gasteiger partial charge is 0.182 e. The maximum atomic E-state index is 13.8. The van der Waals surface area contributed by atoms with E-state index < -0.39 is 0 Å². The van der Waals surface area contributed by atoms with Crippen LogP contribution in [-0.2, 0) is 6.54 Å². The zero-order chi connectivity index (χ0) is 22.8. The molecule has 0 fully saturated rings. The van der Waals surface area contributed by atoms with Crippen LogP contribution in [0.5, 0.6) is 0 Å². The van der Waals surface area contributed by atoms with E-state index in [4.69, 9.17) is 10.1 Å². The van der Waals surface area contributed by atoms with E-state index in [0.29, 0.717) is 17.9 Å². The van der Waals surface area contributed by atoms with Gasteiger partial charge < -0.3 is 5.32 Å². The van der Waals surface area contributed by atoms with Gasteiger partial charge in [-0.2, -0.15) is 5.10 Å². The van der Waals surface area contributed by atoms with Crippen molar-refractivity contribution in [3.05, 3.63) is 90.9 Å². The van der Waals surface area contributed by atoms with Crippen molar-refractivity contribution >= 4 is 11.0 Å². The van der Waals surface area contributed by atoms with Crippen molar-refractivity contribution in [2.75, 3.05) is 13.6 Å². The highest BCUT2D eigenvalue weighted by atomic mass is 19.1. The van der Waals surface area contributed by atoms with E-state index in [0.717, 1.165) is 39.7 Å². The van der Waals surface area contributed by atoms with E-state index in [1.54, 1.807) is 36.7 Å². The molecular weight excluding hydrogens is 420 g/mol. The van der Waals surface area contributed by atoms with E-state index >= 15 is 0 Å². The van der Waals surface area contributed by atoms with Gasteiger partial charge in [0.25, 0.3) is 0 Å². The lowest BCUT2D eigenvalue weighted by Gasteiger charge is -2.16. The SMILES string of the molecule is CNCCn1cc2c(-c3ccc(F)cc3)c(-c3ccncc3)c(-c3ccc(F)cc3)nc2n1. The maximum absolute atomic E-state index is 13.8. The van der Waals surface area contributed by atoms with Crippen LogP contribution in [0.4, 0.5) is 8.78 Å². The second-order valence-electron chi connectivity index (χ2n) is 7.69. The Kier molecular flexibility index (Phi) is 5.62. The first kappa shape index (κ1) is 20.9. The van der Waals surface area contributed by atoms with Crippen molar-refractivity contribution in [3.8, 4) is 33.5 Å². The van der Waals surface area contributed by atoms with Gasteiger partial charge in [-0.15, -0.1) is 0 Å². The third kappa shape index (κ3) is 4.10. The number of aromatic nitrogens is 4. The Morgan fingerprint density at radius 2 is 1.39 bits per heavy atom. The average Bonchev–Trinajstić information content (AvgIpc) is 3.26. The summed E-state index contributed by atoms with van der Waals surface area (Å²) < 4.78 is 29.3. The normalized spacial score (nSPS) is 11.2. The van der Waals surface area contributed by atoms with Gasteiger partial charge in [-0.1, -0.05) is 12.1 Å². The molecule has 0 saturated heterocycles. The highest BCUT2D eigenvalue weighted by Gasteiger charge is 2.21. The van der Waals surface area contributed by atoms with E-state index in [-0.39, 0.29) is 11.6 Å². The number of nitrogens with one attached hydrogen (secondary N) is 1. The first-order valence-electron chi connectivity index (χ1n) is 10.6. The van der Waals surface area contributed by atoms with Gasteiger partial charge >= 0.3 is 0 Å². The molecule has 3 aromatic heterocycles. The van der Waals surface area contributed by atoms with Crippen molar-refractivity contribution in [2.24, 2.45) is 0 Å². The number of halogens is 2. The largest absolute Gasteiger partial charge is 0.318 e. The molecule has 5 rings (SSSR count). The van der Waals surface area contributed by atoms with E-state index in [1.807, 2.05) is 30.1 Å². The third-order valence-electron chi connectivity index (χ3n) is 5.53. The summed E-state index contributed by atoms with van der Waals surface area (Å²) in [5.74, 6) is -0.627. The van der Waals surface area contributed by atoms with E-state index in [9.17, 15) is 8.78 Å². The summed E-state index contributed by atoms with van der Waals surface area (Å²) in [5, 5.41) is 8.68. The van der Waals surface area contributed by atoms with Gasteiger partial charge in [0.05, 0.1) is 12.2 Å². The molecule has 0 atom stereocenters. The molecule has 0 bridgehead atoms. The first-order chi connectivity index (χ1) is 16.1. The Morgan fingerprint density at radius 3 is 2.03 bits per heavy atom. The minimum Gasteiger partial charge on any atom is -0.318 e. The fourth-order valence-electron chi connectivity index (χ4n) is 3.96. The Labute approximate surface area is 189 Å². The fourth-order valence-corrected chi connectivity index (χ4v) is 3.96. The van der Waals surface area contributed by atoms with Crippen LogP contribution in [0.25, 0.3) is 44.5 Å². The number of likely N-dealkylation sites (N-methyl/N-ethyl adjacent to an activating group) is 1. The number of rotatable bonds is 6. The average molecular weight is 441 g/mol. The molecule has 0 amide bonds. The van der Waals surface area contributed by atoms with Crippen molar-refractivity contribution in [1.29, 1.82) is 0 Å². The number of benzene rings is 2. The molecule has 33 heavy (non-hydrogen) atoms. The lowest BCUT2D eigenvalue weighted by atomic mass is 9.90. The first-order valence-corrected chi connectivity index (χ1v) is 10.6. The van der Waals surface area contributed by atoms with Crippen LogP contribution >= 0.6 is 0 Å². The highest BCUT2D eigenvalue weighted by molar-refractivity contribution is 6.05. The van der Waals surface area contributed by atoms with Crippen molar-refractivity contribution in [3.63, 3.8) is 0 Å². The quantitative estimate of drug-likeness (QED) is 0.387. The van der Waals surface area contributed by atoms with Gasteiger partial charge in [0.1, 0.15) is 11.6 Å². The molecule has 0 aliphatic rings. The lowest BCUT2D eigenvalue weighted by molar-refractivity contribution is 0.588. The van der Waals surface area contributed by atoms with Crippen LogP contribution in [0.1, 0.15) is 0 Å². The summed E-state index contributed by atoms with van der Waals surface area (Å²) in [7, 11) is 1.89. The summed E-state index contributed by atoms with van der Waals surface area (Å²) in [5.41, 5.74) is 5.50. The minimum absolute atomic E-state index is 0.307. The summed E-state index contributed by atoms with van der Waals surface area (Å²) in [6.07, 6.45) is 5.41. The topological polar surface area (TPSA) is 55.6 Å². The minimum atomic E-state index is -0.319. The molecule has 2 aromatic carbocycles. The molecule has 0 spiro atoms. The molecule has 0 radical (unpaired) electrons. The second-order valence-corrected chi connectivity index (χ2v) is 7.69. The molecule has 5 nitrogen and oxygen atoms in total. The molecular formula is C26H21F2N5. The van der Waals surface area contributed by atoms with E-state index in [1.165, 1.54) is 24.3 Å². The predicted molar refractivity (Wildman–Crippen MR) is 125 cm³/mol. The summed E-state index contributed by atoms with van der Waals surface area (Å²) >= 11 is 0. The molecule has 5 aromatic rings. The monoisotopic (exact) mass is 441 g/mol. The van der Waals surface area contributed by atoms with Crippen LogP contribution in [0, 0.1) is 11.6 Å². The fraction of sp³-hybridized carbons (Fsp3) is 0.115. The molecule has 7 heteroatoms. The van der Waals surface area contributed by atoms with Gasteiger partial charge in [0.2, 0.25) is 0 Å². The lowest BCUT2D eigenvalue weighted by Crippen LogP contribution is -2.15. The van der Waals surface area contributed by atoms with Gasteiger partial charge in [0.15, 0.2) is 5.65 Å². The molecule has 0 aliphatic carbocycles. The molecule has 0 aliphatic heterocycles. The van der Waals surface area contributed by atoms with Crippen molar-refractivity contribution in [2.45, 2.75) is 6.54 Å². The second kappa shape index (κ2) is 8.88. The number of nitrogens with zero attached hydrogens (tertiary/aromatic N) is 4. The highest BCUT2D eigenvalue weighted by Crippen LogP contribution is 2.42. The molecule has 0 saturated carbocycles. The molecule has 164 valence electrons. The third-order valence-corrected chi connectivity index (χ3v) is 5.53. The maximum Gasteiger partial charge on any atom is 0.182 e. The molecule has 1 N–H and O–H groups in total. The van der Waals surface area contributed by atoms with Crippen LogP contribution in [0.2, 0.25) is 0 Å². The van der Waals surface area contributed by atoms with Gasteiger partial charge in [-0.05, 0) is 66.7 Å².